The minimum atomic E-state index is 0.0369. The number of benzene rings is 3. The van der Waals surface area contributed by atoms with Gasteiger partial charge in [0.2, 0.25) is 0 Å². The Morgan fingerprint density at radius 3 is 2.06 bits per heavy atom. The van der Waals surface area contributed by atoms with Gasteiger partial charge in [0.25, 0.3) is 0 Å². The van der Waals surface area contributed by atoms with Crippen LogP contribution in [0.25, 0.3) is 0 Å². The SMILES string of the molecule is Cc1ccc(C2(c3ccc(N)c(C(C)C)c3)CCC(c3ccccc3)C2)cc1C(C)C. The number of nitrogen functional groups attached to an aromatic ring is 1. The van der Waals surface area contributed by atoms with Gasteiger partial charge in [0.15, 0.2) is 0 Å². The third kappa shape index (κ3) is 4.03. The van der Waals surface area contributed by atoms with E-state index in [-0.39, 0.29) is 5.41 Å². The molecule has 0 saturated heterocycles. The van der Waals surface area contributed by atoms with Crippen LogP contribution in [0.1, 0.15) is 98.1 Å². The van der Waals surface area contributed by atoms with Gasteiger partial charge >= 0.3 is 0 Å². The van der Waals surface area contributed by atoms with Crippen LogP contribution in [-0.4, -0.2) is 0 Å². The lowest BCUT2D eigenvalue weighted by molar-refractivity contribution is 0.523. The van der Waals surface area contributed by atoms with Crippen molar-refractivity contribution in [3.8, 4) is 0 Å². The Kier molecular flexibility index (Phi) is 5.97. The second-order valence-electron chi connectivity index (χ2n) is 10.2. The van der Waals surface area contributed by atoms with E-state index in [0.717, 1.165) is 12.1 Å². The Bertz CT molecular complexity index is 988. The third-order valence-corrected chi connectivity index (χ3v) is 7.50. The summed E-state index contributed by atoms with van der Waals surface area (Å²) in [4.78, 5) is 0. The molecule has 0 radical (unpaired) electrons. The van der Waals surface area contributed by atoms with Crippen LogP contribution in [0.4, 0.5) is 5.69 Å². The Morgan fingerprint density at radius 1 is 0.806 bits per heavy atom. The summed E-state index contributed by atoms with van der Waals surface area (Å²) in [5, 5.41) is 0. The zero-order valence-electron chi connectivity index (χ0n) is 19.8. The Hall–Kier alpha value is -2.54. The van der Waals surface area contributed by atoms with Crippen LogP contribution in [0.2, 0.25) is 0 Å². The molecule has 2 atom stereocenters. The van der Waals surface area contributed by atoms with Crippen LogP contribution in [0, 0.1) is 6.92 Å². The fraction of sp³-hybridized carbons (Fsp3) is 0.400. The van der Waals surface area contributed by atoms with Gasteiger partial charge in [-0.05, 0) is 83.4 Å². The number of hydrogen-bond donors (Lipinski definition) is 1. The molecule has 3 aromatic carbocycles. The maximum atomic E-state index is 6.37. The molecule has 3 aromatic rings. The molecule has 1 fully saturated rings. The average Bonchev–Trinajstić information content (AvgIpc) is 3.21. The van der Waals surface area contributed by atoms with Crippen LogP contribution in [0.3, 0.4) is 0 Å². The minimum Gasteiger partial charge on any atom is -0.398 e. The standard InChI is InChI=1S/C30H37N/c1-20(2)27-17-25(12-11-22(27)5)30(26-13-14-29(31)28(18-26)21(3)4)16-15-24(19-30)23-9-7-6-8-10-23/h6-14,17-18,20-21,24H,15-16,19,31H2,1-5H3. The van der Waals surface area contributed by atoms with Crippen LogP contribution >= 0.6 is 0 Å². The molecule has 1 aliphatic carbocycles. The normalized spacial score (nSPS) is 21.2. The summed E-state index contributed by atoms with van der Waals surface area (Å²) in [5.41, 5.74) is 15.8. The van der Waals surface area contributed by atoms with Crippen molar-refractivity contribution in [3.63, 3.8) is 0 Å². The number of nitrogens with two attached hydrogens (primary N) is 1. The second kappa shape index (κ2) is 8.54. The van der Waals surface area contributed by atoms with Gasteiger partial charge in [-0.1, -0.05) is 88.4 Å². The van der Waals surface area contributed by atoms with E-state index in [4.69, 9.17) is 5.73 Å². The minimum absolute atomic E-state index is 0.0369. The Morgan fingerprint density at radius 2 is 1.42 bits per heavy atom. The van der Waals surface area contributed by atoms with E-state index in [2.05, 4.69) is 101 Å². The van der Waals surface area contributed by atoms with Gasteiger partial charge in [-0.3, -0.25) is 0 Å². The van der Waals surface area contributed by atoms with Crippen molar-refractivity contribution in [1.82, 2.24) is 0 Å². The van der Waals surface area contributed by atoms with Crippen LogP contribution in [0.5, 0.6) is 0 Å². The lowest BCUT2D eigenvalue weighted by Gasteiger charge is -2.33. The predicted octanol–water partition coefficient (Wildman–Crippen LogP) is 8.08. The van der Waals surface area contributed by atoms with Gasteiger partial charge in [-0.25, -0.2) is 0 Å². The van der Waals surface area contributed by atoms with Gasteiger partial charge in [0.05, 0.1) is 0 Å². The smallest absolute Gasteiger partial charge is 0.0349 e. The quantitative estimate of drug-likeness (QED) is 0.422. The first-order valence-corrected chi connectivity index (χ1v) is 11.9. The van der Waals surface area contributed by atoms with Crippen LogP contribution in [0.15, 0.2) is 66.7 Å². The summed E-state index contributed by atoms with van der Waals surface area (Å²) in [6, 6.07) is 25.1. The summed E-state index contributed by atoms with van der Waals surface area (Å²) in [6.45, 7) is 11.3. The lowest BCUT2D eigenvalue weighted by Crippen LogP contribution is -2.25. The van der Waals surface area contributed by atoms with Gasteiger partial charge in [0, 0.05) is 11.1 Å². The first-order chi connectivity index (χ1) is 14.8. The molecule has 162 valence electrons. The molecular weight excluding hydrogens is 374 g/mol. The van der Waals surface area contributed by atoms with E-state index >= 15 is 0 Å². The first-order valence-electron chi connectivity index (χ1n) is 11.9. The van der Waals surface area contributed by atoms with E-state index in [0.29, 0.717) is 17.8 Å². The van der Waals surface area contributed by atoms with E-state index in [1.54, 1.807) is 0 Å². The molecule has 31 heavy (non-hydrogen) atoms. The summed E-state index contributed by atoms with van der Waals surface area (Å²) in [5.74, 6) is 1.54. The maximum Gasteiger partial charge on any atom is 0.0349 e. The third-order valence-electron chi connectivity index (χ3n) is 7.50. The number of rotatable bonds is 5. The zero-order valence-corrected chi connectivity index (χ0v) is 19.8. The maximum absolute atomic E-state index is 6.37. The first kappa shape index (κ1) is 21.7. The highest BCUT2D eigenvalue weighted by Crippen LogP contribution is 2.53. The molecule has 0 bridgehead atoms. The molecule has 1 saturated carbocycles. The molecular formula is C30H37N. The molecule has 0 amide bonds. The molecule has 1 nitrogen and oxygen atoms in total. The fourth-order valence-corrected chi connectivity index (χ4v) is 5.68. The molecule has 1 aliphatic rings. The molecule has 0 spiro atoms. The highest BCUT2D eigenvalue weighted by atomic mass is 14.6. The molecule has 0 aromatic heterocycles. The molecule has 2 N–H and O–H groups in total. The summed E-state index contributed by atoms with van der Waals surface area (Å²) in [7, 11) is 0. The van der Waals surface area contributed by atoms with Crippen molar-refractivity contribution in [2.45, 2.75) is 77.0 Å². The second-order valence-corrected chi connectivity index (χ2v) is 10.2. The number of aryl methyl sites for hydroxylation is 1. The molecule has 0 heterocycles. The number of anilines is 1. The predicted molar refractivity (Wildman–Crippen MR) is 134 cm³/mol. The van der Waals surface area contributed by atoms with Crippen molar-refractivity contribution < 1.29 is 0 Å². The average molecular weight is 412 g/mol. The van der Waals surface area contributed by atoms with Gasteiger partial charge in [0.1, 0.15) is 0 Å². The molecule has 4 rings (SSSR count). The van der Waals surface area contributed by atoms with Crippen molar-refractivity contribution >= 4 is 5.69 Å². The van der Waals surface area contributed by atoms with Crippen molar-refractivity contribution in [2.75, 3.05) is 5.73 Å². The summed E-state index contributed by atoms with van der Waals surface area (Å²) >= 11 is 0. The van der Waals surface area contributed by atoms with E-state index in [9.17, 15) is 0 Å². The Balaban J connectivity index is 1.87. The largest absolute Gasteiger partial charge is 0.398 e. The Labute approximate surface area is 188 Å². The van der Waals surface area contributed by atoms with Crippen LogP contribution in [-0.2, 0) is 5.41 Å². The molecule has 1 heteroatoms. The highest BCUT2D eigenvalue weighted by Gasteiger charge is 2.43. The molecule has 2 unspecified atom stereocenters. The van der Waals surface area contributed by atoms with Crippen molar-refractivity contribution in [1.29, 1.82) is 0 Å². The van der Waals surface area contributed by atoms with E-state index in [1.165, 1.54) is 46.2 Å². The van der Waals surface area contributed by atoms with Crippen molar-refractivity contribution in [3.05, 3.63) is 100 Å². The lowest BCUT2D eigenvalue weighted by atomic mass is 9.70. The van der Waals surface area contributed by atoms with Gasteiger partial charge in [-0.2, -0.15) is 0 Å². The summed E-state index contributed by atoms with van der Waals surface area (Å²) in [6.07, 6.45) is 3.55. The van der Waals surface area contributed by atoms with E-state index < -0.39 is 0 Å². The van der Waals surface area contributed by atoms with Crippen LogP contribution < -0.4 is 5.73 Å². The van der Waals surface area contributed by atoms with Crippen molar-refractivity contribution in [2.24, 2.45) is 0 Å². The van der Waals surface area contributed by atoms with E-state index in [1.807, 2.05) is 0 Å². The monoisotopic (exact) mass is 411 g/mol. The zero-order chi connectivity index (χ0) is 22.2. The van der Waals surface area contributed by atoms with Gasteiger partial charge in [-0.15, -0.1) is 0 Å². The van der Waals surface area contributed by atoms with Gasteiger partial charge < -0.3 is 5.73 Å². The summed E-state index contributed by atoms with van der Waals surface area (Å²) < 4.78 is 0. The number of hydrogen-bond acceptors (Lipinski definition) is 1. The topological polar surface area (TPSA) is 26.0 Å². The molecule has 0 aliphatic heterocycles. The highest BCUT2D eigenvalue weighted by molar-refractivity contribution is 5.55. The fourth-order valence-electron chi connectivity index (χ4n) is 5.68.